The second kappa shape index (κ2) is 9.00. The number of hydrogen-bond acceptors (Lipinski definition) is 5. The first-order chi connectivity index (χ1) is 16.6. The van der Waals surface area contributed by atoms with Gasteiger partial charge in [-0.25, -0.2) is 0 Å². The molecule has 1 amide bonds. The summed E-state index contributed by atoms with van der Waals surface area (Å²) in [6.07, 6.45) is 9.11. The Morgan fingerprint density at radius 1 is 1.00 bits per heavy atom. The fourth-order valence-electron chi connectivity index (χ4n) is 7.40. The van der Waals surface area contributed by atoms with E-state index in [2.05, 4.69) is 10.2 Å². The van der Waals surface area contributed by atoms with Gasteiger partial charge in [0.1, 0.15) is 11.3 Å². The van der Waals surface area contributed by atoms with Crippen molar-refractivity contribution in [1.29, 1.82) is 0 Å². The number of piperidine rings is 2. The maximum absolute atomic E-state index is 13.5. The van der Waals surface area contributed by atoms with Gasteiger partial charge in [-0.1, -0.05) is 12.1 Å². The molecular weight excluding hydrogens is 430 g/mol. The van der Waals surface area contributed by atoms with Crippen molar-refractivity contribution in [2.45, 2.75) is 69.5 Å². The molecule has 34 heavy (non-hydrogen) atoms. The predicted octanol–water partition coefficient (Wildman–Crippen LogP) is 3.44. The lowest BCUT2D eigenvalue weighted by Crippen LogP contribution is -2.58. The monoisotopic (exact) mass is 465 g/mol. The standard InChI is InChI=1S/C27H35N3O4/c31-25-22-4-1-2-5-23(22)30(19-6-10-34-11-7-19)27(33)24(25)26(32)28-8-3-9-29-20-13-17-12-18(15-20)16-21(29)14-17/h1-2,4-5,17-21,31H,3,6-16H2,(H,28,32). The number of hydrogen-bond donors (Lipinski definition) is 2. The van der Waals surface area contributed by atoms with Crippen LogP contribution in [0.2, 0.25) is 0 Å². The minimum atomic E-state index is -0.478. The molecule has 5 fully saturated rings. The number of aromatic hydroxyl groups is 1. The molecule has 2 saturated carbocycles. The van der Waals surface area contributed by atoms with Gasteiger partial charge in [-0.3, -0.25) is 14.5 Å². The van der Waals surface area contributed by atoms with Gasteiger partial charge in [0, 0.05) is 49.8 Å². The second-order valence-electron chi connectivity index (χ2n) is 10.8. The van der Waals surface area contributed by atoms with Crippen molar-refractivity contribution in [1.82, 2.24) is 14.8 Å². The van der Waals surface area contributed by atoms with E-state index in [9.17, 15) is 14.7 Å². The molecule has 3 saturated heterocycles. The van der Waals surface area contributed by atoms with Crippen molar-refractivity contribution < 1.29 is 14.6 Å². The minimum Gasteiger partial charge on any atom is -0.506 e. The average Bonchev–Trinajstić information content (AvgIpc) is 2.83. The number of carbonyl (C=O) groups is 1. The number of amides is 1. The first-order valence-electron chi connectivity index (χ1n) is 13.1. The molecule has 0 unspecified atom stereocenters. The number of rotatable bonds is 6. The van der Waals surface area contributed by atoms with Gasteiger partial charge >= 0.3 is 0 Å². The lowest BCUT2D eigenvalue weighted by Gasteiger charge is -2.56. The first kappa shape index (κ1) is 22.1. The molecular formula is C27H35N3O4. The molecule has 1 aromatic heterocycles. The van der Waals surface area contributed by atoms with Gasteiger partial charge in [0.2, 0.25) is 0 Å². The van der Waals surface area contributed by atoms with Gasteiger partial charge in [-0.15, -0.1) is 0 Å². The van der Waals surface area contributed by atoms with Crippen molar-refractivity contribution in [3.05, 3.63) is 40.2 Å². The number of para-hydroxylation sites is 1. The summed E-state index contributed by atoms with van der Waals surface area (Å²) in [5.74, 6) is 1.18. The van der Waals surface area contributed by atoms with Crippen molar-refractivity contribution >= 4 is 16.8 Å². The Bertz CT molecular complexity index is 1110. The van der Waals surface area contributed by atoms with Gasteiger partial charge < -0.3 is 19.7 Å². The Labute approximate surface area is 200 Å². The van der Waals surface area contributed by atoms with Crippen LogP contribution in [0.3, 0.4) is 0 Å². The predicted molar refractivity (Wildman–Crippen MR) is 130 cm³/mol. The molecule has 0 atom stereocenters. The third-order valence-corrected chi connectivity index (χ3v) is 8.78. The van der Waals surface area contributed by atoms with Crippen molar-refractivity contribution in [2.75, 3.05) is 26.3 Å². The van der Waals surface area contributed by atoms with E-state index in [0.29, 0.717) is 30.7 Å². The molecule has 4 heterocycles. The molecule has 7 rings (SSSR count). The highest BCUT2D eigenvalue weighted by Gasteiger charge is 2.46. The molecule has 4 bridgehead atoms. The number of nitrogens with zero attached hydrogens (tertiary/aromatic N) is 2. The van der Waals surface area contributed by atoms with Crippen LogP contribution >= 0.6 is 0 Å². The SMILES string of the molecule is O=C(NCCCN1C2CC3CC(C2)CC1C3)c1c(O)c2ccccc2n(C2CCOCC2)c1=O. The van der Waals surface area contributed by atoms with Crippen LogP contribution < -0.4 is 10.9 Å². The normalized spacial score (nSPS) is 29.1. The molecule has 2 N–H and O–H groups in total. The van der Waals surface area contributed by atoms with Gasteiger partial charge in [0.25, 0.3) is 11.5 Å². The van der Waals surface area contributed by atoms with Crippen LogP contribution in [0.25, 0.3) is 10.9 Å². The smallest absolute Gasteiger partial charge is 0.267 e. The Kier molecular flexibility index (Phi) is 5.86. The van der Waals surface area contributed by atoms with E-state index >= 15 is 0 Å². The molecule has 5 aliphatic rings. The highest BCUT2D eigenvalue weighted by Crippen LogP contribution is 2.49. The van der Waals surface area contributed by atoms with Crippen molar-refractivity contribution in [3.8, 4) is 5.75 Å². The topological polar surface area (TPSA) is 83.8 Å². The summed E-state index contributed by atoms with van der Waals surface area (Å²) in [5, 5.41) is 14.4. The zero-order valence-electron chi connectivity index (χ0n) is 19.7. The van der Waals surface area contributed by atoms with E-state index in [1.165, 1.54) is 32.1 Å². The quantitative estimate of drug-likeness (QED) is 0.639. The summed E-state index contributed by atoms with van der Waals surface area (Å²) in [4.78, 5) is 29.3. The van der Waals surface area contributed by atoms with E-state index in [1.807, 2.05) is 18.2 Å². The summed E-state index contributed by atoms with van der Waals surface area (Å²) in [6.45, 7) is 2.68. The van der Waals surface area contributed by atoms with Crippen LogP contribution in [0.4, 0.5) is 0 Å². The molecule has 3 aliphatic heterocycles. The van der Waals surface area contributed by atoms with E-state index in [-0.39, 0.29) is 17.4 Å². The Balaban J connectivity index is 1.17. The first-order valence-corrected chi connectivity index (χ1v) is 13.1. The van der Waals surface area contributed by atoms with Crippen molar-refractivity contribution in [3.63, 3.8) is 0 Å². The minimum absolute atomic E-state index is 0.0389. The highest BCUT2D eigenvalue weighted by atomic mass is 16.5. The number of aromatic nitrogens is 1. The number of pyridine rings is 1. The number of fused-ring (bicyclic) bond motifs is 1. The van der Waals surface area contributed by atoms with Gasteiger partial charge in [-0.2, -0.15) is 0 Å². The number of carbonyl (C=O) groups excluding carboxylic acids is 1. The van der Waals surface area contributed by atoms with E-state index < -0.39 is 11.5 Å². The third kappa shape index (κ3) is 3.83. The molecule has 0 radical (unpaired) electrons. The third-order valence-electron chi connectivity index (χ3n) is 8.78. The Morgan fingerprint density at radius 2 is 1.68 bits per heavy atom. The van der Waals surface area contributed by atoms with Crippen LogP contribution in [-0.2, 0) is 4.74 Å². The number of ether oxygens (including phenoxy) is 1. The maximum atomic E-state index is 13.5. The molecule has 2 aromatic rings. The molecule has 182 valence electrons. The fourth-order valence-corrected chi connectivity index (χ4v) is 7.40. The molecule has 7 heteroatoms. The number of nitrogens with one attached hydrogen (secondary N) is 1. The molecule has 1 aromatic carbocycles. The zero-order chi connectivity index (χ0) is 23.2. The summed E-state index contributed by atoms with van der Waals surface area (Å²) in [6, 6.07) is 8.70. The van der Waals surface area contributed by atoms with Crippen LogP contribution in [0.1, 0.15) is 67.8 Å². The molecule has 0 spiro atoms. The molecule has 7 nitrogen and oxygen atoms in total. The van der Waals surface area contributed by atoms with Gasteiger partial charge in [-0.05, 0) is 75.3 Å². The Morgan fingerprint density at radius 3 is 2.38 bits per heavy atom. The van der Waals surface area contributed by atoms with E-state index in [0.717, 1.165) is 49.7 Å². The second-order valence-corrected chi connectivity index (χ2v) is 10.8. The van der Waals surface area contributed by atoms with Crippen LogP contribution in [0.5, 0.6) is 5.75 Å². The van der Waals surface area contributed by atoms with Gasteiger partial charge in [0.05, 0.1) is 5.52 Å². The summed E-state index contributed by atoms with van der Waals surface area (Å²) in [5.41, 5.74) is 0.119. The average molecular weight is 466 g/mol. The maximum Gasteiger partial charge on any atom is 0.267 e. The lowest BCUT2D eigenvalue weighted by atomic mass is 9.63. The summed E-state index contributed by atoms with van der Waals surface area (Å²) < 4.78 is 7.18. The van der Waals surface area contributed by atoms with Crippen LogP contribution in [-0.4, -0.2) is 58.9 Å². The lowest BCUT2D eigenvalue weighted by molar-refractivity contribution is -0.0587. The van der Waals surface area contributed by atoms with Crippen LogP contribution in [0, 0.1) is 11.8 Å². The van der Waals surface area contributed by atoms with Gasteiger partial charge in [0.15, 0.2) is 0 Å². The molecule has 2 aliphatic carbocycles. The number of benzene rings is 1. The summed E-state index contributed by atoms with van der Waals surface area (Å²) >= 11 is 0. The Hall–Kier alpha value is -2.38. The zero-order valence-corrected chi connectivity index (χ0v) is 19.7. The van der Waals surface area contributed by atoms with Crippen molar-refractivity contribution in [2.24, 2.45) is 11.8 Å². The largest absolute Gasteiger partial charge is 0.506 e. The highest BCUT2D eigenvalue weighted by molar-refractivity contribution is 6.02. The van der Waals surface area contributed by atoms with Crippen LogP contribution in [0.15, 0.2) is 29.1 Å². The fraction of sp³-hybridized carbons (Fsp3) is 0.630. The summed E-state index contributed by atoms with van der Waals surface area (Å²) in [7, 11) is 0. The van der Waals surface area contributed by atoms with E-state index in [4.69, 9.17) is 4.74 Å². The van der Waals surface area contributed by atoms with E-state index in [1.54, 1.807) is 10.6 Å².